The lowest BCUT2D eigenvalue weighted by atomic mass is 10.2. The maximum absolute atomic E-state index is 5.89. The highest BCUT2D eigenvalue weighted by molar-refractivity contribution is 7.98. The second kappa shape index (κ2) is 3.86. The van der Waals surface area contributed by atoms with Crippen LogP contribution in [-0.4, -0.2) is 5.75 Å². The van der Waals surface area contributed by atoms with Gasteiger partial charge in [-0.05, 0) is 23.8 Å². The average Bonchev–Trinajstić information content (AvgIpc) is 2.59. The molecule has 1 atom stereocenters. The van der Waals surface area contributed by atoms with Crippen LogP contribution in [0.5, 0.6) is 0 Å². The number of rotatable bonds is 2. The zero-order chi connectivity index (χ0) is 9.26. The predicted octanol–water partition coefficient (Wildman–Crippen LogP) is 2.72. The molecule has 0 aliphatic carbocycles. The van der Waals surface area contributed by atoms with Crippen molar-refractivity contribution in [3.63, 3.8) is 0 Å². The summed E-state index contributed by atoms with van der Waals surface area (Å²) in [4.78, 5) is 2.80. The Kier molecular flexibility index (Phi) is 2.77. The summed E-state index contributed by atoms with van der Waals surface area (Å²) in [7, 11) is 0. The number of aryl methyl sites for hydroxylation is 1. The van der Waals surface area contributed by atoms with Crippen LogP contribution in [0.2, 0.25) is 0 Å². The van der Waals surface area contributed by atoms with E-state index < -0.39 is 0 Å². The lowest BCUT2D eigenvalue weighted by molar-refractivity contribution is 0.938. The molecule has 0 fully saturated rings. The Morgan fingerprint density at radius 2 is 2.46 bits per heavy atom. The Morgan fingerprint density at radius 1 is 1.62 bits per heavy atom. The molecule has 1 aliphatic rings. The molecule has 1 aliphatic heterocycles. The van der Waals surface area contributed by atoms with Crippen LogP contribution in [0.1, 0.15) is 21.4 Å². The van der Waals surface area contributed by atoms with Crippen molar-refractivity contribution in [2.24, 2.45) is 5.73 Å². The van der Waals surface area contributed by atoms with Crippen molar-refractivity contribution in [2.45, 2.75) is 18.2 Å². The highest BCUT2D eigenvalue weighted by Crippen LogP contribution is 2.33. The second-order valence-electron chi connectivity index (χ2n) is 3.16. The van der Waals surface area contributed by atoms with Crippen LogP contribution in [0.3, 0.4) is 0 Å². The van der Waals surface area contributed by atoms with Gasteiger partial charge in [-0.25, -0.2) is 0 Å². The highest BCUT2D eigenvalue weighted by atomic mass is 32.2. The number of thioether (sulfide) groups is 1. The van der Waals surface area contributed by atoms with E-state index in [2.05, 4.69) is 12.6 Å². The average molecular weight is 211 g/mol. The minimum absolute atomic E-state index is 0.0283. The fraction of sp³-hybridized carbons (Fsp3) is 0.400. The third-order valence-corrected chi connectivity index (χ3v) is 4.58. The summed E-state index contributed by atoms with van der Waals surface area (Å²) in [6.07, 6.45) is 3.03. The summed E-state index contributed by atoms with van der Waals surface area (Å²) in [5.74, 6) is 2.42. The van der Waals surface area contributed by atoms with E-state index in [0.717, 1.165) is 5.75 Å². The molecule has 1 nitrogen and oxygen atoms in total. The molecule has 1 aromatic heterocycles. The minimum Gasteiger partial charge on any atom is -0.320 e. The molecule has 70 valence electrons. The van der Waals surface area contributed by atoms with Crippen LogP contribution in [0.15, 0.2) is 18.7 Å². The Morgan fingerprint density at radius 3 is 3.15 bits per heavy atom. The standard InChI is InChI=1S/C10H13NS2/c1-2-8(11)10-5-7-6-12-4-3-9(7)13-10/h2,5,8H,1,3-4,6,11H2. The first-order valence-corrected chi connectivity index (χ1v) is 6.35. The van der Waals surface area contributed by atoms with Crippen LogP contribution in [0, 0.1) is 0 Å². The first kappa shape index (κ1) is 9.31. The van der Waals surface area contributed by atoms with Crippen LogP contribution in [-0.2, 0) is 12.2 Å². The normalized spacial score (nSPS) is 17.9. The summed E-state index contributed by atoms with van der Waals surface area (Å²) in [5.41, 5.74) is 7.39. The molecule has 1 unspecified atom stereocenters. The van der Waals surface area contributed by atoms with Gasteiger partial charge in [0, 0.05) is 15.5 Å². The van der Waals surface area contributed by atoms with E-state index >= 15 is 0 Å². The summed E-state index contributed by atoms with van der Waals surface area (Å²) in [6, 6.07) is 2.28. The zero-order valence-electron chi connectivity index (χ0n) is 7.45. The van der Waals surface area contributed by atoms with E-state index in [-0.39, 0.29) is 6.04 Å². The Labute approximate surface area is 87.0 Å². The molecule has 2 N–H and O–H groups in total. The molecule has 0 spiro atoms. The van der Waals surface area contributed by atoms with E-state index in [1.54, 1.807) is 0 Å². The molecular weight excluding hydrogens is 198 g/mol. The van der Waals surface area contributed by atoms with Gasteiger partial charge in [-0.3, -0.25) is 0 Å². The van der Waals surface area contributed by atoms with Crippen molar-refractivity contribution in [3.05, 3.63) is 34.0 Å². The fourth-order valence-corrected chi connectivity index (χ4v) is 3.83. The number of hydrogen-bond donors (Lipinski definition) is 1. The van der Waals surface area contributed by atoms with Gasteiger partial charge in [0.1, 0.15) is 0 Å². The molecule has 3 heteroatoms. The topological polar surface area (TPSA) is 26.0 Å². The molecule has 0 saturated heterocycles. The first-order valence-electron chi connectivity index (χ1n) is 4.38. The number of thiophene rings is 1. The van der Waals surface area contributed by atoms with E-state index in [1.807, 2.05) is 29.2 Å². The monoisotopic (exact) mass is 211 g/mol. The third kappa shape index (κ3) is 1.82. The number of hydrogen-bond acceptors (Lipinski definition) is 3. The Bertz CT molecular complexity index is 293. The van der Waals surface area contributed by atoms with Gasteiger partial charge < -0.3 is 5.73 Å². The van der Waals surface area contributed by atoms with Gasteiger partial charge in [0.25, 0.3) is 0 Å². The van der Waals surface area contributed by atoms with Gasteiger partial charge in [-0.15, -0.1) is 17.9 Å². The van der Waals surface area contributed by atoms with Crippen LogP contribution < -0.4 is 5.73 Å². The molecule has 2 heterocycles. The molecular formula is C10H13NS2. The Balaban J connectivity index is 2.29. The molecule has 0 amide bonds. The third-order valence-electron chi connectivity index (χ3n) is 2.23. The van der Waals surface area contributed by atoms with E-state index in [1.165, 1.54) is 27.5 Å². The SMILES string of the molecule is C=CC(N)c1cc2c(s1)CCSC2. The van der Waals surface area contributed by atoms with Crippen molar-refractivity contribution in [3.8, 4) is 0 Å². The van der Waals surface area contributed by atoms with Crippen molar-refractivity contribution in [1.82, 2.24) is 0 Å². The lowest BCUT2D eigenvalue weighted by Crippen LogP contribution is -2.03. The van der Waals surface area contributed by atoms with Crippen LogP contribution in [0.25, 0.3) is 0 Å². The molecule has 2 rings (SSSR count). The summed E-state index contributed by atoms with van der Waals surface area (Å²) < 4.78 is 0. The number of fused-ring (bicyclic) bond motifs is 1. The molecule has 0 saturated carbocycles. The fourth-order valence-electron chi connectivity index (χ4n) is 1.45. The zero-order valence-corrected chi connectivity index (χ0v) is 9.09. The molecule has 0 aromatic carbocycles. The van der Waals surface area contributed by atoms with Crippen molar-refractivity contribution < 1.29 is 0 Å². The summed E-state index contributed by atoms with van der Waals surface area (Å²) in [6.45, 7) is 3.72. The molecule has 13 heavy (non-hydrogen) atoms. The quantitative estimate of drug-likeness (QED) is 0.761. The van der Waals surface area contributed by atoms with Gasteiger partial charge >= 0.3 is 0 Å². The van der Waals surface area contributed by atoms with E-state index in [0.29, 0.717) is 0 Å². The van der Waals surface area contributed by atoms with Crippen molar-refractivity contribution >= 4 is 23.1 Å². The summed E-state index contributed by atoms with van der Waals surface area (Å²) in [5, 5.41) is 0. The highest BCUT2D eigenvalue weighted by Gasteiger charge is 2.15. The van der Waals surface area contributed by atoms with Gasteiger partial charge in [0.15, 0.2) is 0 Å². The summed E-state index contributed by atoms with van der Waals surface area (Å²) >= 11 is 3.87. The van der Waals surface area contributed by atoms with Crippen molar-refractivity contribution in [2.75, 3.05) is 5.75 Å². The van der Waals surface area contributed by atoms with Gasteiger partial charge in [-0.2, -0.15) is 11.8 Å². The maximum Gasteiger partial charge on any atom is 0.0573 e. The molecule has 0 bridgehead atoms. The van der Waals surface area contributed by atoms with E-state index in [4.69, 9.17) is 5.73 Å². The minimum atomic E-state index is 0.0283. The van der Waals surface area contributed by atoms with Crippen LogP contribution in [0.4, 0.5) is 0 Å². The first-order chi connectivity index (χ1) is 6.31. The predicted molar refractivity (Wildman–Crippen MR) is 61.3 cm³/mol. The van der Waals surface area contributed by atoms with Crippen LogP contribution >= 0.6 is 23.1 Å². The molecule has 1 aromatic rings. The maximum atomic E-state index is 5.89. The smallest absolute Gasteiger partial charge is 0.0573 e. The largest absolute Gasteiger partial charge is 0.320 e. The molecule has 0 radical (unpaired) electrons. The van der Waals surface area contributed by atoms with Gasteiger partial charge in [0.05, 0.1) is 6.04 Å². The van der Waals surface area contributed by atoms with Crippen molar-refractivity contribution in [1.29, 1.82) is 0 Å². The van der Waals surface area contributed by atoms with Gasteiger partial charge in [-0.1, -0.05) is 6.08 Å². The lowest BCUT2D eigenvalue weighted by Gasteiger charge is -2.08. The Hall–Kier alpha value is -0.250. The second-order valence-corrected chi connectivity index (χ2v) is 5.43. The van der Waals surface area contributed by atoms with Gasteiger partial charge in [0.2, 0.25) is 0 Å². The number of nitrogens with two attached hydrogens (primary N) is 1. The van der Waals surface area contributed by atoms with E-state index in [9.17, 15) is 0 Å².